The van der Waals surface area contributed by atoms with Crippen molar-refractivity contribution in [3.63, 3.8) is 0 Å². The quantitative estimate of drug-likeness (QED) is 0.731. The Morgan fingerprint density at radius 1 is 1.64 bits per heavy atom. The minimum absolute atomic E-state index is 0.612. The molecule has 4 nitrogen and oxygen atoms in total. The first kappa shape index (κ1) is 9.68. The van der Waals surface area contributed by atoms with Gasteiger partial charge < -0.3 is 5.32 Å². The molecule has 14 heavy (non-hydrogen) atoms. The monoisotopic (exact) mass is 194 g/mol. The maximum atomic E-state index is 4.18. The van der Waals surface area contributed by atoms with Gasteiger partial charge in [0.2, 0.25) is 0 Å². The average Bonchev–Trinajstić information content (AvgIpc) is 2.51. The van der Waals surface area contributed by atoms with Crippen LogP contribution in [-0.2, 0) is 13.6 Å². The maximum Gasteiger partial charge on any atom is 0.0534 e. The van der Waals surface area contributed by atoms with Crippen LogP contribution in [0, 0.1) is 0 Å². The molecule has 2 heterocycles. The van der Waals surface area contributed by atoms with E-state index in [9.17, 15) is 0 Å². The van der Waals surface area contributed by atoms with Crippen LogP contribution in [-0.4, -0.2) is 40.4 Å². The topological polar surface area (TPSA) is 33.1 Å². The molecule has 1 saturated heterocycles. The average molecular weight is 194 g/mol. The highest BCUT2D eigenvalue weighted by atomic mass is 15.3. The molecule has 0 unspecified atom stereocenters. The minimum Gasteiger partial charge on any atom is -0.312 e. The summed E-state index contributed by atoms with van der Waals surface area (Å²) in [5, 5.41) is 7.62. The van der Waals surface area contributed by atoms with Gasteiger partial charge in [-0.25, -0.2) is 0 Å². The van der Waals surface area contributed by atoms with E-state index < -0.39 is 0 Å². The third-order valence-electron chi connectivity index (χ3n) is 2.62. The number of nitrogens with zero attached hydrogens (tertiary/aromatic N) is 3. The second kappa shape index (κ2) is 4.11. The van der Waals surface area contributed by atoms with Gasteiger partial charge in [0.1, 0.15) is 0 Å². The summed E-state index contributed by atoms with van der Waals surface area (Å²) in [5.74, 6) is 0. The van der Waals surface area contributed by atoms with Crippen molar-refractivity contribution in [1.29, 1.82) is 0 Å². The van der Waals surface area contributed by atoms with Crippen molar-refractivity contribution in [2.75, 3.05) is 19.6 Å². The Kier molecular flexibility index (Phi) is 2.84. The van der Waals surface area contributed by atoms with Crippen molar-refractivity contribution < 1.29 is 0 Å². The molecule has 2 rings (SSSR count). The Morgan fingerprint density at radius 3 is 3.14 bits per heavy atom. The predicted molar refractivity (Wildman–Crippen MR) is 55.9 cm³/mol. The fourth-order valence-electron chi connectivity index (χ4n) is 1.97. The highest BCUT2D eigenvalue weighted by Gasteiger charge is 2.15. The fraction of sp³-hybridized carbons (Fsp3) is 0.700. The molecular formula is C10H18N4. The molecule has 1 aliphatic heterocycles. The first-order valence-corrected chi connectivity index (χ1v) is 5.17. The van der Waals surface area contributed by atoms with E-state index in [0.717, 1.165) is 26.2 Å². The Hall–Kier alpha value is -0.870. The Bertz CT molecular complexity index is 294. The first-order valence-electron chi connectivity index (χ1n) is 5.17. The van der Waals surface area contributed by atoms with Crippen molar-refractivity contribution in [1.82, 2.24) is 20.0 Å². The van der Waals surface area contributed by atoms with Gasteiger partial charge in [0, 0.05) is 51.0 Å². The zero-order chi connectivity index (χ0) is 9.97. The molecular weight excluding hydrogens is 176 g/mol. The number of piperazine rings is 1. The summed E-state index contributed by atoms with van der Waals surface area (Å²) in [6.07, 6.45) is 4.04. The van der Waals surface area contributed by atoms with E-state index in [1.165, 1.54) is 5.56 Å². The number of rotatable bonds is 2. The van der Waals surface area contributed by atoms with Gasteiger partial charge in [-0.1, -0.05) is 0 Å². The lowest BCUT2D eigenvalue weighted by Gasteiger charge is -2.31. The van der Waals surface area contributed by atoms with Crippen LogP contribution in [0.3, 0.4) is 0 Å². The van der Waals surface area contributed by atoms with E-state index in [4.69, 9.17) is 0 Å². The number of hydrogen-bond acceptors (Lipinski definition) is 3. The molecule has 0 aromatic carbocycles. The standard InChI is InChI=1S/C10H18N4/c1-9-6-14(4-3-11-9)8-10-5-12-13(2)7-10/h5,7,9,11H,3-4,6,8H2,1-2H3/t9-/m0/s1. The molecule has 0 radical (unpaired) electrons. The summed E-state index contributed by atoms with van der Waals surface area (Å²) in [7, 11) is 1.96. The molecule has 1 atom stereocenters. The second-order valence-electron chi connectivity index (χ2n) is 4.11. The van der Waals surface area contributed by atoms with Crippen molar-refractivity contribution >= 4 is 0 Å². The van der Waals surface area contributed by atoms with Crippen LogP contribution < -0.4 is 5.32 Å². The van der Waals surface area contributed by atoms with Gasteiger partial charge in [-0.15, -0.1) is 0 Å². The summed E-state index contributed by atoms with van der Waals surface area (Å²) in [6, 6.07) is 0.612. The van der Waals surface area contributed by atoms with Gasteiger partial charge in [0.25, 0.3) is 0 Å². The number of nitrogens with one attached hydrogen (secondary N) is 1. The van der Waals surface area contributed by atoms with Crippen LogP contribution in [0.1, 0.15) is 12.5 Å². The van der Waals surface area contributed by atoms with Crippen LogP contribution in [0.25, 0.3) is 0 Å². The number of aryl methyl sites for hydroxylation is 1. The molecule has 1 aromatic rings. The summed E-state index contributed by atoms with van der Waals surface area (Å²) in [6.45, 7) is 6.63. The van der Waals surface area contributed by atoms with E-state index in [-0.39, 0.29) is 0 Å². The Morgan fingerprint density at radius 2 is 2.50 bits per heavy atom. The van der Waals surface area contributed by atoms with Gasteiger partial charge in [-0.3, -0.25) is 9.58 Å². The number of aromatic nitrogens is 2. The van der Waals surface area contributed by atoms with Crippen molar-refractivity contribution in [3.05, 3.63) is 18.0 Å². The van der Waals surface area contributed by atoms with E-state index in [2.05, 4.69) is 28.4 Å². The van der Waals surface area contributed by atoms with E-state index >= 15 is 0 Å². The molecule has 1 aromatic heterocycles. The van der Waals surface area contributed by atoms with E-state index in [1.807, 2.05) is 17.9 Å². The Labute approximate surface area is 84.9 Å². The van der Waals surface area contributed by atoms with Crippen LogP contribution in [0.2, 0.25) is 0 Å². The lowest BCUT2D eigenvalue weighted by Crippen LogP contribution is -2.48. The SMILES string of the molecule is C[C@H]1CN(Cc2cnn(C)c2)CCN1. The van der Waals surface area contributed by atoms with Gasteiger partial charge >= 0.3 is 0 Å². The minimum atomic E-state index is 0.612. The molecule has 1 fully saturated rings. The van der Waals surface area contributed by atoms with Gasteiger partial charge in [0.15, 0.2) is 0 Å². The molecule has 0 bridgehead atoms. The summed E-state index contributed by atoms with van der Waals surface area (Å²) in [5.41, 5.74) is 1.31. The lowest BCUT2D eigenvalue weighted by atomic mass is 10.2. The van der Waals surface area contributed by atoms with Crippen molar-refractivity contribution in [2.24, 2.45) is 7.05 Å². The van der Waals surface area contributed by atoms with Crippen LogP contribution in [0.5, 0.6) is 0 Å². The summed E-state index contributed by atoms with van der Waals surface area (Å²) < 4.78 is 1.86. The van der Waals surface area contributed by atoms with E-state index in [0.29, 0.717) is 6.04 Å². The van der Waals surface area contributed by atoms with Crippen LogP contribution in [0.4, 0.5) is 0 Å². The highest BCUT2D eigenvalue weighted by Crippen LogP contribution is 2.05. The third-order valence-corrected chi connectivity index (χ3v) is 2.62. The molecule has 0 saturated carbocycles. The summed E-state index contributed by atoms with van der Waals surface area (Å²) in [4.78, 5) is 2.47. The highest BCUT2D eigenvalue weighted by molar-refractivity contribution is 5.03. The molecule has 0 amide bonds. The molecule has 1 aliphatic rings. The molecule has 0 spiro atoms. The smallest absolute Gasteiger partial charge is 0.0534 e. The normalized spacial score (nSPS) is 24.0. The predicted octanol–water partition coefficient (Wildman–Crippen LogP) is 0.214. The Balaban J connectivity index is 1.90. The molecule has 4 heteroatoms. The lowest BCUT2D eigenvalue weighted by molar-refractivity contribution is 0.199. The van der Waals surface area contributed by atoms with Gasteiger partial charge in [0.05, 0.1) is 6.20 Å². The maximum absolute atomic E-state index is 4.18. The van der Waals surface area contributed by atoms with Crippen molar-refractivity contribution in [3.8, 4) is 0 Å². The van der Waals surface area contributed by atoms with Gasteiger partial charge in [-0.2, -0.15) is 5.10 Å². The number of hydrogen-bond donors (Lipinski definition) is 1. The molecule has 1 N–H and O–H groups in total. The first-order chi connectivity index (χ1) is 6.74. The van der Waals surface area contributed by atoms with Crippen molar-refractivity contribution in [2.45, 2.75) is 19.5 Å². The third kappa shape index (κ3) is 2.33. The fourth-order valence-corrected chi connectivity index (χ4v) is 1.97. The molecule has 78 valence electrons. The van der Waals surface area contributed by atoms with Crippen LogP contribution >= 0.6 is 0 Å². The second-order valence-corrected chi connectivity index (χ2v) is 4.11. The van der Waals surface area contributed by atoms with Crippen LogP contribution in [0.15, 0.2) is 12.4 Å². The zero-order valence-electron chi connectivity index (χ0n) is 8.90. The zero-order valence-corrected chi connectivity index (χ0v) is 8.90. The van der Waals surface area contributed by atoms with Gasteiger partial charge in [-0.05, 0) is 6.92 Å². The largest absolute Gasteiger partial charge is 0.312 e. The van der Waals surface area contributed by atoms with E-state index in [1.54, 1.807) is 0 Å². The summed E-state index contributed by atoms with van der Waals surface area (Å²) >= 11 is 0. The molecule has 0 aliphatic carbocycles.